The Hall–Kier alpha value is -0.440. The molecule has 0 spiro atoms. The summed E-state index contributed by atoms with van der Waals surface area (Å²) in [4.78, 5) is 0. The van der Waals surface area contributed by atoms with Crippen LogP contribution in [-0.2, 0) is 0 Å². The molecule has 0 amide bonds. The van der Waals surface area contributed by atoms with Gasteiger partial charge in [0.1, 0.15) is 0 Å². The summed E-state index contributed by atoms with van der Waals surface area (Å²) in [5.74, 6) is 0. The van der Waals surface area contributed by atoms with Gasteiger partial charge in [-0.05, 0) is 80.0 Å². The van der Waals surface area contributed by atoms with E-state index in [2.05, 4.69) is 104 Å². The van der Waals surface area contributed by atoms with Gasteiger partial charge in [-0.2, -0.15) is 0 Å². The highest BCUT2D eigenvalue weighted by Gasteiger charge is 1.99. The Balaban J connectivity index is -0.000000272. The largest absolute Gasteiger partial charge is 0.502 e. The zero-order valence-electron chi connectivity index (χ0n) is 50.7. The van der Waals surface area contributed by atoms with E-state index < -0.39 is 0 Å². The van der Waals surface area contributed by atoms with E-state index in [0.717, 1.165) is 25.7 Å². The van der Waals surface area contributed by atoms with Crippen LogP contribution in [0.4, 0.5) is 0 Å². The lowest BCUT2D eigenvalue weighted by atomic mass is 10.0. The zero-order valence-corrected chi connectivity index (χ0v) is 54.0. The van der Waals surface area contributed by atoms with Crippen molar-refractivity contribution >= 4 is 69.1 Å². The van der Waals surface area contributed by atoms with Crippen LogP contribution in [0, 0.1) is 5.41 Å². The van der Waals surface area contributed by atoms with Crippen LogP contribution in [-0.4, -0.2) is 40.6 Å². The predicted molar refractivity (Wildman–Crippen MR) is 349 cm³/mol. The van der Waals surface area contributed by atoms with Gasteiger partial charge >= 0.3 is 0 Å². The van der Waals surface area contributed by atoms with Crippen LogP contribution in [0.25, 0.3) is 0 Å². The monoisotopic (exact) mass is 1100 g/mol. The second kappa shape index (κ2) is 73.6. The smallest absolute Gasteiger partial charge is 0.156 e. The van der Waals surface area contributed by atoms with E-state index in [9.17, 15) is 0 Å². The molecule has 73 heavy (non-hydrogen) atoms. The van der Waals surface area contributed by atoms with Crippen molar-refractivity contribution in [2.45, 2.75) is 389 Å². The average Bonchev–Trinajstić information content (AvgIpc) is 3.32. The van der Waals surface area contributed by atoms with Crippen LogP contribution in [0.5, 0.6) is 0 Å². The molecule has 0 saturated carbocycles. The summed E-state index contributed by atoms with van der Waals surface area (Å²) in [6.07, 6.45) is 67.7. The lowest BCUT2D eigenvalue weighted by Gasteiger charge is -2.05. The van der Waals surface area contributed by atoms with Gasteiger partial charge in [-0.3, -0.25) is 0 Å². The molecule has 0 heterocycles. The summed E-state index contributed by atoms with van der Waals surface area (Å²) in [6.45, 7) is 17.8. The van der Waals surface area contributed by atoms with Crippen LogP contribution in [0.1, 0.15) is 389 Å². The molecule has 0 atom stereocenters. The predicted octanol–water partition coefficient (Wildman–Crippen LogP) is 25.9. The Bertz CT molecular complexity index is 904. The molecule has 0 aromatic carbocycles. The van der Waals surface area contributed by atoms with E-state index in [4.69, 9.17) is 20.4 Å². The Morgan fingerprint density at radius 1 is 0.205 bits per heavy atom. The fourth-order valence-corrected chi connectivity index (χ4v) is 9.05. The highest BCUT2D eigenvalue weighted by molar-refractivity contribution is 7.80. The van der Waals surface area contributed by atoms with Gasteiger partial charge in [-0.15, -0.1) is 0 Å². The summed E-state index contributed by atoms with van der Waals surface area (Å²) in [5.41, 5.74) is 0.500. The van der Waals surface area contributed by atoms with Gasteiger partial charge in [0.2, 0.25) is 0 Å². The quantitative estimate of drug-likeness (QED) is 0.0354. The van der Waals surface area contributed by atoms with Gasteiger partial charge in [-0.25, -0.2) is 0 Å². The van der Waals surface area contributed by atoms with E-state index in [0.29, 0.717) is 31.1 Å². The van der Waals surface area contributed by atoms with Crippen molar-refractivity contribution in [3.8, 4) is 0 Å². The molecule has 0 aliphatic heterocycles. The Kier molecular flexibility index (Phi) is 82.1. The van der Waals surface area contributed by atoms with Gasteiger partial charge < -0.3 is 20.4 Å². The van der Waals surface area contributed by atoms with Crippen molar-refractivity contribution in [2.75, 3.05) is 0 Å². The average molecular weight is 1110 g/mol. The highest BCUT2D eigenvalue weighted by Crippen LogP contribution is 2.16. The van der Waals surface area contributed by atoms with Crippen molar-refractivity contribution in [3.05, 3.63) is 0 Å². The van der Waals surface area contributed by atoms with Gasteiger partial charge in [0.25, 0.3) is 0 Å². The van der Waals surface area contributed by atoms with Crippen LogP contribution < -0.4 is 0 Å². The van der Waals surface area contributed by atoms with E-state index in [1.807, 2.05) is 0 Å². The number of aliphatic hydroxyl groups excluding tert-OH is 4. The summed E-state index contributed by atoms with van der Waals surface area (Å²) < 4.78 is 0. The number of aliphatic hydroxyl groups is 4. The molecule has 0 bridgehead atoms. The van der Waals surface area contributed by atoms with Gasteiger partial charge in [-0.1, -0.05) is 338 Å². The fourth-order valence-electron chi connectivity index (χ4n) is 8.47. The van der Waals surface area contributed by atoms with Crippen LogP contribution >= 0.6 is 48.9 Å². The Labute approximate surface area is 481 Å². The first-order chi connectivity index (χ1) is 35.1. The second-order valence-electron chi connectivity index (χ2n) is 23.1. The van der Waals surface area contributed by atoms with E-state index in [1.54, 1.807) is 0 Å². The molecule has 0 rings (SSSR count). The Morgan fingerprint density at radius 2 is 0.288 bits per heavy atom. The molecule has 0 fully saturated rings. The number of unbranched alkanes of at least 4 members (excludes halogenated alkanes) is 44. The first kappa shape index (κ1) is 81.4. The first-order valence-corrected chi connectivity index (χ1v) is 33.6. The fraction of sp³-hybridized carbons (Fsp3) is 0.938. The summed E-state index contributed by atoms with van der Waals surface area (Å²) in [5, 5.41) is 36.1. The third kappa shape index (κ3) is 112. The number of rotatable bonds is 52. The topological polar surface area (TPSA) is 80.9 Å². The van der Waals surface area contributed by atoms with Crippen molar-refractivity contribution in [3.63, 3.8) is 0 Å². The molecule has 0 aliphatic carbocycles. The number of hydrogen-bond acceptors (Lipinski definition) is 4. The molecule has 0 radical (unpaired) electrons. The van der Waals surface area contributed by atoms with E-state index in [-0.39, 0.29) is 20.2 Å². The van der Waals surface area contributed by atoms with Crippen LogP contribution in [0.15, 0.2) is 0 Å². The normalized spacial score (nSPS) is 10.7. The number of thiocarbonyl (C=S) groups is 4. The van der Waals surface area contributed by atoms with Gasteiger partial charge in [0.15, 0.2) is 20.2 Å². The van der Waals surface area contributed by atoms with Crippen molar-refractivity contribution in [1.82, 2.24) is 0 Å². The molecule has 0 saturated heterocycles. The maximum Gasteiger partial charge on any atom is 0.156 e. The summed E-state index contributed by atoms with van der Waals surface area (Å²) >= 11 is 18.5. The van der Waals surface area contributed by atoms with Gasteiger partial charge in [0.05, 0.1) is 0 Å². The maximum atomic E-state index is 8.85. The summed E-state index contributed by atoms with van der Waals surface area (Å²) in [7, 11) is 0. The highest BCUT2D eigenvalue weighted by atomic mass is 32.1. The van der Waals surface area contributed by atoms with E-state index in [1.165, 1.54) is 283 Å². The molecule has 4 nitrogen and oxygen atoms in total. The van der Waals surface area contributed by atoms with Gasteiger partial charge in [0, 0.05) is 25.7 Å². The minimum absolute atomic E-state index is 0.178. The lowest BCUT2D eigenvalue weighted by molar-refractivity contribution is 0.469. The zero-order chi connectivity index (χ0) is 55.6. The first-order valence-electron chi connectivity index (χ1n) is 32.0. The van der Waals surface area contributed by atoms with E-state index >= 15 is 0 Å². The minimum Gasteiger partial charge on any atom is -0.502 e. The molecular formula is C65H132O4S4. The molecule has 0 aromatic rings. The van der Waals surface area contributed by atoms with Crippen LogP contribution in [0.3, 0.4) is 0 Å². The maximum absolute atomic E-state index is 8.85. The SMILES string of the molecule is CC(C)(C)C.CCCCCCCCCCCCCCC(O)=S.CCCCCCCCCCCCCCC(O)=S.CCCCCCCCCCCCCCC(O)=S.CCCCCCCCCCCCCCC(O)=S. The lowest BCUT2D eigenvalue weighted by Crippen LogP contribution is -1.93. The second-order valence-corrected chi connectivity index (χ2v) is 25.0. The Morgan fingerprint density at radius 3 is 0.370 bits per heavy atom. The van der Waals surface area contributed by atoms with Crippen LogP contribution in [0.2, 0.25) is 0 Å². The molecule has 0 aromatic heterocycles. The molecule has 0 aliphatic rings. The molecule has 4 N–H and O–H groups in total. The molecule has 0 unspecified atom stereocenters. The third-order valence-electron chi connectivity index (χ3n) is 13.0. The minimum atomic E-state index is 0.178. The molecular weight excluding hydrogens is 973 g/mol. The summed E-state index contributed by atoms with van der Waals surface area (Å²) in [6, 6.07) is 0. The molecule has 440 valence electrons. The number of hydrogen-bond donors (Lipinski definition) is 4. The van der Waals surface area contributed by atoms with Crippen molar-refractivity contribution in [2.24, 2.45) is 5.41 Å². The third-order valence-corrected chi connectivity index (χ3v) is 13.8. The molecule has 8 heteroatoms. The standard InChI is InChI=1S/4C15H30OS.C5H12/c4*1-2-3-4-5-6-7-8-9-10-11-12-13-14-15(16)17;1-5(2,3)4/h4*2-14H2,1H3,(H,16,17);1-4H3. The van der Waals surface area contributed by atoms with Crippen molar-refractivity contribution < 1.29 is 20.4 Å². The van der Waals surface area contributed by atoms with Crippen molar-refractivity contribution in [1.29, 1.82) is 0 Å².